The molecule has 0 fully saturated rings. The van der Waals surface area contributed by atoms with Crippen molar-refractivity contribution in [2.45, 2.75) is 129 Å². The van der Waals surface area contributed by atoms with Gasteiger partial charge in [0.1, 0.15) is 0 Å². The van der Waals surface area contributed by atoms with Gasteiger partial charge in [-0.3, -0.25) is 0 Å². The molecular formula is C23H48N2. The molecule has 150 valence electrons. The first-order chi connectivity index (χ1) is 12.3. The summed E-state index contributed by atoms with van der Waals surface area (Å²) in [5.74, 6) is 0. The van der Waals surface area contributed by atoms with E-state index in [1.807, 2.05) is 6.92 Å². The molecule has 25 heavy (non-hydrogen) atoms. The molecule has 0 amide bonds. The lowest BCUT2D eigenvalue weighted by molar-refractivity contribution is 0.530. The lowest BCUT2D eigenvalue weighted by Crippen LogP contribution is -2.27. The Balaban J connectivity index is 3.03. The second-order valence-corrected chi connectivity index (χ2v) is 7.88. The van der Waals surface area contributed by atoms with E-state index in [-0.39, 0.29) is 6.04 Å². The largest absolute Gasteiger partial charge is 0.390 e. The summed E-state index contributed by atoms with van der Waals surface area (Å²) in [6, 6.07) is 0.236. The van der Waals surface area contributed by atoms with Gasteiger partial charge >= 0.3 is 0 Å². The lowest BCUT2D eigenvalue weighted by Gasteiger charge is -2.04. The summed E-state index contributed by atoms with van der Waals surface area (Å²) < 4.78 is 0. The van der Waals surface area contributed by atoms with Gasteiger partial charge in [-0.25, -0.2) is 0 Å². The van der Waals surface area contributed by atoms with Crippen molar-refractivity contribution >= 4 is 0 Å². The van der Waals surface area contributed by atoms with Crippen LogP contribution in [0.2, 0.25) is 0 Å². The number of rotatable bonds is 20. The third-order valence-electron chi connectivity index (χ3n) is 4.90. The molecule has 0 aliphatic heterocycles. The van der Waals surface area contributed by atoms with Gasteiger partial charge in [-0.15, -0.1) is 0 Å². The summed E-state index contributed by atoms with van der Waals surface area (Å²) in [6.07, 6.45) is 28.5. The smallest absolute Gasteiger partial charge is 0.0290 e. The van der Waals surface area contributed by atoms with Crippen LogP contribution in [0.4, 0.5) is 0 Å². The van der Waals surface area contributed by atoms with E-state index in [2.05, 4.69) is 24.5 Å². The highest BCUT2D eigenvalue weighted by Crippen LogP contribution is 2.14. The van der Waals surface area contributed by atoms with Crippen molar-refractivity contribution < 1.29 is 0 Å². The second-order valence-electron chi connectivity index (χ2n) is 7.88. The van der Waals surface area contributed by atoms with E-state index >= 15 is 0 Å². The predicted molar refractivity (Wildman–Crippen MR) is 115 cm³/mol. The number of hydrogen-bond donors (Lipinski definition) is 2. The predicted octanol–water partition coefficient (Wildman–Crippen LogP) is 7.09. The fourth-order valence-corrected chi connectivity index (χ4v) is 3.23. The molecule has 1 unspecified atom stereocenters. The number of hydrogen-bond acceptors (Lipinski definition) is 2. The summed E-state index contributed by atoms with van der Waals surface area (Å²) in [5.41, 5.74) is 5.68. The van der Waals surface area contributed by atoms with Gasteiger partial charge < -0.3 is 11.1 Å². The van der Waals surface area contributed by atoms with E-state index in [4.69, 9.17) is 5.73 Å². The van der Waals surface area contributed by atoms with Crippen molar-refractivity contribution in [1.29, 1.82) is 0 Å². The number of nitrogens with one attached hydrogen (secondary N) is 1. The van der Waals surface area contributed by atoms with E-state index in [0.717, 1.165) is 6.54 Å². The molecule has 0 bridgehead atoms. The van der Waals surface area contributed by atoms with Crippen molar-refractivity contribution in [2.75, 3.05) is 6.54 Å². The van der Waals surface area contributed by atoms with Gasteiger partial charge in [-0.2, -0.15) is 0 Å². The fraction of sp³-hybridized carbons (Fsp3) is 0.913. The van der Waals surface area contributed by atoms with Crippen LogP contribution in [-0.2, 0) is 0 Å². The Bertz CT molecular complexity index is 261. The Hall–Kier alpha value is -0.500. The highest BCUT2D eigenvalue weighted by molar-refractivity contribution is 4.80. The van der Waals surface area contributed by atoms with Gasteiger partial charge in [0.05, 0.1) is 0 Å². The molecule has 0 spiro atoms. The molecule has 0 rings (SSSR count). The van der Waals surface area contributed by atoms with Gasteiger partial charge in [-0.05, 0) is 26.0 Å². The third-order valence-corrected chi connectivity index (χ3v) is 4.90. The maximum atomic E-state index is 5.68. The molecule has 0 radical (unpaired) electrons. The maximum absolute atomic E-state index is 5.68. The Morgan fingerprint density at radius 3 is 1.48 bits per heavy atom. The topological polar surface area (TPSA) is 38.0 Å². The van der Waals surface area contributed by atoms with Crippen LogP contribution in [0.15, 0.2) is 12.3 Å². The van der Waals surface area contributed by atoms with E-state index in [0.29, 0.717) is 0 Å². The van der Waals surface area contributed by atoms with Gasteiger partial charge in [0.15, 0.2) is 0 Å². The quantitative estimate of drug-likeness (QED) is 0.229. The van der Waals surface area contributed by atoms with E-state index in [9.17, 15) is 0 Å². The van der Waals surface area contributed by atoms with Crippen LogP contribution < -0.4 is 11.1 Å². The highest BCUT2D eigenvalue weighted by Gasteiger charge is 1.94. The zero-order chi connectivity index (χ0) is 18.4. The molecule has 0 aromatic carbocycles. The fourth-order valence-electron chi connectivity index (χ4n) is 3.23. The second kappa shape index (κ2) is 21.5. The lowest BCUT2D eigenvalue weighted by atomic mass is 10.0. The Kier molecular flexibility index (Phi) is 21.1. The van der Waals surface area contributed by atoms with Gasteiger partial charge in [-0.1, -0.05) is 109 Å². The minimum Gasteiger partial charge on any atom is -0.390 e. The monoisotopic (exact) mass is 352 g/mol. The molecule has 2 heteroatoms. The van der Waals surface area contributed by atoms with Gasteiger partial charge in [0.2, 0.25) is 0 Å². The van der Waals surface area contributed by atoms with Crippen molar-refractivity contribution in [3.05, 3.63) is 12.3 Å². The van der Waals surface area contributed by atoms with Crippen LogP contribution in [0.5, 0.6) is 0 Å². The molecule has 1 atom stereocenters. The van der Waals surface area contributed by atoms with Crippen LogP contribution >= 0.6 is 0 Å². The molecular weight excluding hydrogens is 304 g/mol. The Morgan fingerprint density at radius 2 is 1.08 bits per heavy atom. The summed E-state index contributed by atoms with van der Waals surface area (Å²) in [6.45, 7) is 5.19. The zero-order valence-electron chi connectivity index (χ0n) is 17.5. The first kappa shape index (κ1) is 24.5. The summed E-state index contributed by atoms with van der Waals surface area (Å²) >= 11 is 0. The SMILES string of the molecule is CCCCCCCCCCCCCCCCCCC=CNCC(C)N. The van der Waals surface area contributed by atoms with E-state index < -0.39 is 0 Å². The average Bonchev–Trinajstić information content (AvgIpc) is 2.60. The highest BCUT2D eigenvalue weighted by atomic mass is 14.9. The van der Waals surface area contributed by atoms with Crippen LogP contribution in [0.3, 0.4) is 0 Å². The number of unbranched alkanes of at least 4 members (excludes halogenated alkanes) is 16. The van der Waals surface area contributed by atoms with E-state index in [1.54, 1.807) is 0 Å². The molecule has 0 saturated heterocycles. The summed E-state index contributed by atoms with van der Waals surface area (Å²) in [7, 11) is 0. The van der Waals surface area contributed by atoms with Crippen molar-refractivity contribution in [1.82, 2.24) is 5.32 Å². The van der Waals surface area contributed by atoms with Crippen LogP contribution in [0, 0.1) is 0 Å². The molecule has 2 nitrogen and oxygen atoms in total. The summed E-state index contributed by atoms with van der Waals surface area (Å²) in [4.78, 5) is 0. The summed E-state index contributed by atoms with van der Waals surface area (Å²) in [5, 5.41) is 3.23. The standard InChI is InChI=1S/C23H48N2/c1-3-4-5-6-7-8-9-10-11-12-13-14-15-16-17-18-19-20-21-25-22-23(2)24/h20-21,23,25H,3-19,22,24H2,1-2H3. The minimum absolute atomic E-state index is 0.236. The Labute approximate surface area is 159 Å². The van der Waals surface area contributed by atoms with Crippen LogP contribution in [0.1, 0.15) is 123 Å². The normalized spacial score (nSPS) is 12.8. The van der Waals surface area contributed by atoms with Gasteiger partial charge in [0.25, 0.3) is 0 Å². The maximum Gasteiger partial charge on any atom is 0.0290 e. The number of nitrogens with two attached hydrogens (primary N) is 1. The third kappa shape index (κ3) is 23.5. The average molecular weight is 353 g/mol. The first-order valence-electron chi connectivity index (χ1n) is 11.4. The number of allylic oxidation sites excluding steroid dienone is 1. The zero-order valence-corrected chi connectivity index (χ0v) is 17.5. The first-order valence-corrected chi connectivity index (χ1v) is 11.4. The molecule has 0 aliphatic rings. The van der Waals surface area contributed by atoms with Crippen LogP contribution in [0.25, 0.3) is 0 Å². The molecule has 0 saturated carbocycles. The molecule has 0 aliphatic carbocycles. The van der Waals surface area contributed by atoms with Crippen molar-refractivity contribution in [2.24, 2.45) is 5.73 Å². The van der Waals surface area contributed by atoms with Crippen molar-refractivity contribution in [3.8, 4) is 0 Å². The van der Waals surface area contributed by atoms with Crippen LogP contribution in [-0.4, -0.2) is 12.6 Å². The van der Waals surface area contributed by atoms with E-state index in [1.165, 1.54) is 109 Å². The van der Waals surface area contributed by atoms with Gasteiger partial charge in [0, 0.05) is 12.6 Å². The van der Waals surface area contributed by atoms with Crippen molar-refractivity contribution in [3.63, 3.8) is 0 Å². The minimum atomic E-state index is 0.236. The molecule has 0 aromatic heterocycles. The molecule has 3 N–H and O–H groups in total. The molecule has 0 heterocycles. The Morgan fingerprint density at radius 1 is 0.680 bits per heavy atom. The molecule has 0 aromatic rings.